The average molecular weight is 267 g/mol. The summed E-state index contributed by atoms with van der Waals surface area (Å²) in [5.74, 6) is -0.155. The lowest BCUT2D eigenvalue weighted by Crippen LogP contribution is -2.36. The monoisotopic (exact) mass is 267 g/mol. The molecule has 1 nitrogen and oxygen atoms in total. The van der Waals surface area contributed by atoms with Crippen molar-refractivity contribution >= 4 is 11.8 Å². The smallest absolute Gasteiger partial charge is 0.123 e. The van der Waals surface area contributed by atoms with Gasteiger partial charge >= 0.3 is 0 Å². The van der Waals surface area contributed by atoms with Gasteiger partial charge in [-0.05, 0) is 56.6 Å². The zero-order valence-electron chi connectivity index (χ0n) is 11.2. The van der Waals surface area contributed by atoms with Crippen LogP contribution in [0.1, 0.15) is 31.7 Å². The third-order valence-corrected chi connectivity index (χ3v) is 4.79. The van der Waals surface area contributed by atoms with Crippen molar-refractivity contribution in [3.8, 4) is 0 Å². The molecule has 2 rings (SSSR count). The minimum absolute atomic E-state index is 0.155. The Hall–Kier alpha value is -0.540. The van der Waals surface area contributed by atoms with Gasteiger partial charge < -0.3 is 5.32 Å². The fourth-order valence-electron chi connectivity index (χ4n) is 2.74. The van der Waals surface area contributed by atoms with Crippen LogP contribution in [0.2, 0.25) is 0 Å². The van der Waals surface area contributed by atoms with Gasteiger partial charge in [-0.3, -0.25) is 0 Å². The molecule has 1 aromatic carbocycles. The van der Waals surface area contributed by atoms with E-state index in [2.05, 4.69) is 18.5 Å². The first-order valence-corrected chi connectivity index (χ1v) is 7.99. The normalized spacial score (nSPS) is 25.3. The largest absolute Gasteiger partial charge is 0.311 e. The molecule has 1 aromatic rings. The van der Waals surface area contributed by atoms with Gasteiger partial charge in [-0.1, -0.05) is 12.1 Å². The third kappa shape index (κ3) is 3.99. The Labute approximate surface area is 114 Å². The second-order valence-electron chi connectivity index (χ2n) is 5.27. The van der Waals surface area contributed by atoms with Crippen molar-refractivity contribution in [2.75, 3.05) is 6.26 Å². The Bertz CT molecular complexity index is 365. The molecule has 1 fully saturated rings. The Kier molecular flexibility index (Phi) is 5.07. The van der Waals surface area contributed by atoms with Gasteiger partial charge in [0.05, 0.1) is 0 Å². The van der Waals surface area contributed by atoms with Gasteiger partial charge in [0, 0.05) is 17.3 Å². The van der Waals surface area contributed by atoms with Crippen LogP contribution in [0.25, 0.3) is 0 Å². The molecule has 100 valence electrons. The maximum absolute atomic E-state index is 12.8. The molecular weight excluding hydrogens is 245 g/mol. The maximum atomic E-state index is 12.8. The van der Waals surface area contributed by atoms with Gasteiger partial charge in [0.2, 0.25) is 0 Å². The summed E-state index contributed by atoms with van der Waals surface area (Å²) >= 11 is 1.99. The number of nitrogens with one attached hydrogen (secondary N) is 1. The molecule has 3 atom stereocenters. The molecule has 3 heteroatoms. The van der Waals surface area contributed by atoms with Crippen LogP contribution < -0.4 is 5.32 Å². The van der Waals surface area contributed by atoms with Crippen molar-refractivity contribution in [2.45, 2.75) is 49.9 Å². The summed E-state index contributed by atoms with van der Waals surface area (Å²) in [5.41, 5.74) is 1.20. The Morgan fingerprint density at radius 2 is 2.06 bits per heavy atom. The van der Waals surface area contributed by atoms with Crippen LogP contribution in [0, 0.1) is 5.82 Å². The fraction of sp³-hybridized carbons (Fsp3) is 0.600. The first-order chi connectivity index (χ1) is 8.67. The summed E-state index contributed by atoms with van der Waals surface area (Å²) in [5, 5.41) is 4.53. The molecule has 0 heterocycles. The van der Waals surface area contributed by atoms with E-state index >= 15 is 0 Å². The van der Waals surface area contributed by atoms with Crippen LogP contribution >= 0.6 is 11.8 Å². The molecule has 3 unspecified atom stereocenters. The van der Waals surface area contributed by atoms with Crippen LogP contribution in [0.15, 0.2) is 24.3 Å². The zero-order chi connectivity index (χ0) is 13.0. The molecule has 0 saturated heterocycles. The van der Waals surface area contributed by atoms with E-state index in [4.69, 9.17) is 0 Å². The number of thioether (sulfide) groups is 1. The molecular formula is C15H22FNS. The average Bonchev–Trinajstić information content (AvgIpc) is 2.79. The quantitative estimate of drug-likeness (QED) is 0.874. The predicted octanol–water partition coefficient (Wildman–Crippen LogP) is 3.63. The Morgan fingerprint density at radius 1 is 1.33 bits per heavy atom. The Morgan fingerprint density at radius 3 is 2.67 bits per heavy atom. The molecule has 0 amide bonds. The molecule has 1 saturated carbocycles. The lowest BCUT2D eigenvalue weighted by molar-refractivity contribution is 0.448. The molecule has 1 N–H and O–H groups in total. The first-order valence-electron chi connectivity index (χ1n) is 6.70. The molecule has 0 spiro atoms. The van der Waals surface area contributed by atoms with Crippen molar-refractivity contribution in [3.63, 3.8) is 0 Å². The molecule has 0 bridgehead atoms. The zero-order valence-corrected chi connectivity index (χ0v) is 12.0. The van der Waals surface area contributed by atoms with E-state index < -0.39 is 0 Å². The highest BCUT2D eigenvalue weighted by Gasteiger charge is 2.24. The summed E-state index contributed by atoms with van der Waals surface area (Å²) in [7, 11) is 0. The van der Waals surface area contributed by atoms with Crippen molar-refractivity contribution < 1.29 is 4.39 Å². The van der Waals surface area contributed by atoms with Gasteiger partial charge in [-0.25, -0.2) is 4.39 Å². The third-order valence-electron chi connectivity index (χ3n) is 3.69. The minimum atomic E-state index is -0.155. The molecule has 0 radical (unpaired) electrons. The molecule has 1 aliphatic rings. The predicted molar refractivity (Wildman–Crippen MR) is 77.6 cm³/mol. The van der Waals surface area contributed by atoms with E-state index in [1.54, 1.807) is 12.1 Å². The van der Waals surface area contributed by atoms with Crippen LogP contribution in [0.5, 0.6) is 0 Å². The van der Waals surface area contributed by atoms with Crippen LogP contribution in [-0.2, 0) is 6.42 Å². The number of rotatable bonds is 5. The van der Waals surface area contributed by atoms with Gasteiger partial charge in [0.15, 0.2) is 0 Å². The van der Waals surface area contributed by atoms with E-state index in [9.17, 15) is 4.39 Å². The van der Waals surface area contributed by atoms with Gasteiger partial charge in [-0.2, -0.15) is 11.8 Å². The summed E-state index contributed by atoms with van der Waals surface area (Å²) in [6, 6.07) is 7.97. The lowest BCUT2D eigenvalue weighted by atomic mass is 10.1. The number of hydrogen-bond acceptors (Lipinski definition) is 2. The highest BCUT2D eigenvalue weighted by Crippen LogP contribution is 2.28. The SMILES string of the molecule is CSC1CCC(NC(C)Cc2ccc(F)cc2)C1. The summed E-state index contributed by atoms with van der Waals surface area (Å²) < 4.78 is 12.8. The van der Waals surface area contributed by atoms with Crippen molar-refractivity contribution in [1.29, 1.82) is 0 Å². The number of halogens is 1. The van der Waals surface area contributed by atoms with E-state index in [0.717, 1.165) is 11.7 Å². The van der Waals surface area contributed by atoms with E-state index in [1.807, 2.05) is 23.9 Å². The van der Waals surface area contributed by atoms with Crippen molar-refractivity contribution in [1.82, 2.24) is 5.32 Å². The first kappa shape index (κ1) is 13.9. The van der Waals surface area contributed by atoms with Crippen molar-refractivity contribution in [2.24, 2.45) is 0 Å². The summed E-state index contributed by atoms with van der Waals surface area (Å²) in [6.45, 7) is 2.22. The number of hydrogen-bond donors (Lipinski definition) is 1. The lowest BCUT2D eigenvalue weighted by Gasteiger charge is -2.19. The highest BCUT2D eigenvalue weighted by molar-refractivity contribution is 7.99. The standard InChI is InChI=1S/C15H22FNS/c1-11(9-12-3-5-13(16)6-4-12)17-14-7-8-15(10-14)18-2/h3-6,11,14-15,17H,7-10H2,1-2H3. The second-order valence-corrected chi connectivity index (χ2v) is 6.40. The number of benzene rings is 1. The van der Waals surface area contributed by atoms with E-state index in [-0.39, 0.29) is 5.82 Å². The molecule has 0 aromatic heterocycles. The van der Waals surface area contributed by atoms with Crippen molar-refractivity contribution in [3.05, 3.63) is 35.6 Å². The van der Waals surface area contributed by atoms with Gasteiger partial charge in [0.25, 0.3) is 0 Å². The van der Waals surface area contributed by atoms with Crippen LogP contribution in [0.4, 0.5) is 4.39 Å². The second kappa shape index (κ2) is 6.58. The minimum Gasteiger partial charge on any atom is -0.311 e. The van der Waals surface area contributed by atoms with E-state index in [1.165, 1.54) is 24.8 Å². The van der Waals surface area contributed by atoms with Crippen LogP contribution in [-0.4, -0.2) is 23.6 Å². The van der Waals surface area contributed by atoms with Gasteiger partial charge in [-0.15, -0.1) is 0 Å². The molecule has 1 aliphatic carbocycles. The topological polar surface area (TPSA) is 12.0 Å². The van der Waals surface area contributed by atoms with E-state index in [0.29, 0.717) is 12.1 Å². The maximum Gasteiger partial charge on any atom is 0.123 e. The van der Waals surface area contributed by atoms with Crippen LogP contribution in [0.3, 0.4) is 0 Å². The summed E-state index contributed by atoms with van der Waals surface area (Å²) in [6.07, 6.45) is 7.09. The van der Waals surface area contributed by atoms with Gasteiger partial charge in [0.1, 0.15) is 5.82 Å². The highest BCUT2D eigenvalue weighted by atomic mass is 32.2. The summed E-state index contributed by atoms with van der Waals surface area (Å²) in [4.78, 5) is 0. The Balaban J connectivity index is 1.78. The molecule has 18 heavy (non-hydrogen) atoms. The molecule has 0 aliphatic heterocycles. The fourth-order valence-corrected chi connectivity index (χ4v) is 3.54.